The van der Waals surface area contributed by atoms with E-state index in [9.17, 15) is 4.79 Å². The molecule has 0 radical (unpaired) electrons. The lowest BCUT2D eigenvalue weighted by Gasteiger charge is -2.26. The van der Waals surface area contributed by atoms with Crippen molar-refractivity contribution in [1.29, 1.82) is 0 Å². The van der Waals surface area contributed by atoms with Crippen LogP contribution in [0.25, 0.3) is 0 Å². The molecular formula is C23H29Cl2N5O3S. The van der Waals surface area contributed by atoms with Crippen molar-refractivity contribution < 1.29 is 14.3 Å². The van der Waals surface area contributed by atoms with Gasteiger partial charge in [-0.2, -0.15) is 0 Å². The van der Waals surface area contributed by atoms with Gasteiger partial charge in [0, 0.05) is 42.8 Å². The zero-order chi connectivity index (χ0) is 22.2. The third kappa shape index (κ3) is 8.41. The summed E-state index contributed by atoms with van der Waals surface area (Å²) in [4.78, 5) is 23.6. The fraction of sp³-hybridized carbons (Fsp3) is 0.348. The molecule has 0 spiro atoms. The van der Waals surface area contributed by atoms with Crippen LogP contribution in [0.15, 0.2) is 48.0 Å². The highest BCUT2D eigenvalue weighted by atomic mass is 35.5. The Balaban J connectivity index is 0.00000204. The number of pyridine rings is 1. The number of aromatic nitrogens is 2. The summed E-state index contributed by atoms with van der Waals surface area (Å²) in [5, 5.41) is 8.92. The van der Waals surface area contributed by atoms with Crippen molar-refractivity contribution in [2.75, 3.05) is 44.7 Å². The van der Waals surface area contributed by atoms with Gasteiger partial charge in [0.2, 0.25) is 0 Å². The third-order valence-electron chi connectivity index (χ3n) is 4.96. The maximum absolute atomic E-state index is 12.5. The Morgan fingerprint density at radius 2 is 1.97 bits per heavy atom. The van der Waals surface area contributed by atoms with Crippen LogP contribution in [0.5, 0.6) is 11.5 Å². The molecular weight excluding hydrogens is 497 g/mol. The molecule has 1 amide bonds. The summed E-state index contributed by atoms with van der Waals surface area (Å²) in [5.41, 5.74) is 1.53. The van der Waals surface area contributed by atoms with Crippen molar-refractivity contribution >= 4 is 53.0 Å². The third-order valence-corrected chi connectivity index (χ3v) is 5.83. The highest BCUT2D eigenvalue weighted by Crippen LogP contribution is 2.26. The van der Waals surface area contributed by atoms with Crippen molar-refractivity contribution in [3.8, 4) is 11.5 Å². The number of carbonyl (C=O) groups excluding carboxylic acids is 1. The summed E-state index contributed by atoms with van der Waals surface area (Å²) in [6.07, 6.45) is 2.58. The van der Waals surface area contributed by atoms with Crippen LogP contribution in [-0.2, 0) is 4.74 Å². The summed E-state index contributed by atoms with van der Waals surface area (Å²) in [5.74, 6) is 1.76. The largest absolute Gasteiger partial charge is 0.457 e. The Hall–Kier alpha value is -2.43. The molecule has 0 unspecified atom stereocenters. The summed E-state index contributed by atoms with van der Waals surface area (Å²) in [7, 11) is 0. The molecule has 8 nitrogen and oxygen atoms in total. The van der Waals surface area contributed by atoms with Crippen molar-refractivity contribution in [2.45, 2.75) is 13.3 Å². The fourth-order valence-electron chi connectivity index (χ4n) is 3.33. The Bertz CT molecular complexity index is 1050. The van der Waals surface area contributed by atoms with Gasteiger partial charge in [-0.3, -0.25) is 9.69 Å². The van der Waals surface area contributed by atoms with Crippen molar-refractivity contribution in [3.05, 3.63) is 59.2 Å². The van der Waals surface area contributed by atoms with E-state index in [4.69, 9.17) is 9.47 Å². The molecule has 11 heteroatoms. The Labute approximate surface area is 215 Å². The van der Waals surface area contributed by atoms with Crippen molar-refractivity contribution in [1.82, 2.24) is 20.2 Å². The normalized spacial score (nSPS) is 13.3. The number of carbonyl (C=O) groups is 1. The van der Waals surface area contributed by atoms with Crippen LogP contribution in [0, 0.1) is 6.92 Å². The smallest absolute Gasteiger partial charge is 0.251 e. The summed E-state index contributed by atoms with van der Waals surface area (Å²) >= 11 is 1.52. The van der Waals surface area contributed by atoms with Gasteiger partial charge in [0.1, 0.15) is 17.3 Å². The van der Waals surface area contributed by atoms with Crippen LogP contribution in [0.1, 0.15) is 22.5 Å². The number of anilines is 2. The number of thiazole rings is 1. The molecule has 34 heavy (non-hydrogen) atoms. The first kappa shape index (κ1) is 27.8. The second kappa shape index (κ2) is 14.1. The first-order valence-electron chi connectivity index (χ1n) is 10.7. The van der Waals surface area contributed by atoms with E-state index in [-0.39, 0.29) is 30.7 Å². The van der Waals surface area contributed by atoms with Crippen molar-refractivity contribution in [3.63, 3.8) is 0 Å². The number of hydrogen-bond acceptors (Lipinski definition) is 8. The highest BCUT2D eigenvalue weighted by molar-refractivity contribution is 7.13. The SMILES string of the molecule is Cc1csc(Nc2cc(Oc3cccc(C(=O)NCCCN4CCOCC4)c3)ccn2)n1.Cl.Cl. The number of benzene rings is 1. The quantitative estimate of drug-likeness (QED) is 0.392. The molecule has 3 aromatic rings. The lowest BCUT2D eigenvalue weighted by Crippen LogP contribution is -2.38. The molecule has 1 aromatic carbocycles. The van der Waals surface area contributed by atoms with Gasteiger partial charge in [-0.15, -0.1) is 36.2 Å². The molecule has 2 aromatic heterocycles. The van der Waals surface area contributed by atoms with Gasteiger partial charge in [0.05, 0.1) is 18.9 Å². The maximum atomic E-state index is 12.5. The number of ether oxygens (including phenoxy) is 2. The second-order valence-corrected chi connectivity index (χ2v) is 8.35. The topological polar surface area (TPSA) is 88.6 Å². The molecule has 3 heterocycles. The summed E-state index contributed by atoms with van der Waals surface area (Å²) in [6.45, 7) is 7.05. The van der Waals surface area contributed by atoms with E-state index >= 15 is 0 Å². The summed E-state index contributed by atoms with van der Waals surface area (Å²) in [6, 6.07) is 10.7. The monoisotopic (exact) mass is 525 g/mol. The molecule has 0 saturated carbocycles. The van der Waals surface area contributed by atoms with E-state index in [0.29, 0.717) is 29.4 Å². The van der Waals surface area contributed by atoms with Gasteiger partial charge in [-0.1, -0.05) is 6.07 Å². The van der Waals surface area contributed by atoms with Crippen LogP contribution >= 0.6 is 36.2 Å². The Kier molecular flexibility index (Phi) is 11.5. The molecule has 1 saturated heterocycles. The second-order valence-electron chi connectivity index (χ2n) is 7.49. The van der Waals surface area contributed by atoms with Gasteiger partial charge in [-0.05, 0) is 44.2 Å². The van der Waals surface area contributed by atoms with Gasteiger partial charge in [0.15, 0.2) is 5.13 Å². The van der Waals surface area contributed by atoms with Crippen LogP contribution in [0.3, 0.4) is 0 Å². The van der Waals surface area contributed by atoms with Gasteiger partial charge in [-0.25, -0.2) is 9.97 Å². The zero-order valence-corrected chi connectivity index (χ0v) is 21.3. The summed E-state index contributed by atoms with van der Waals surface area (Å²) < 4.78 is 11.3. The maximum Gasteiger partial charge on any atom is 0.251 e. The minimum Gasteiger partial charge on any atom is -0.457 e. The number of halogens is 2. The predicted molar refractivity (Wildman–Crippen MR) is 140 cm³/mol. The van der Waals surface area contributed by atoms with E-state index in [1.165, 1.54) is 11.3 Å². The van der Waals surface area contributed by atoms with Crippen LogP contribution in [0.4, 0.5) is 10.9 Å². The van der Waals surface area contributed by atoms with Gasteiger partial charge in [0.25, 0.3) is 5.91 Å². The van der Waals surface area contributed by atoms with Gasteiger partial charge >= 0.3 is 0 Å². The Morgan fingerprint density at radius 1 is 1.18 bits per heavy atom. The number of nitrogens with one attached hydrogen (secondary N) is 2. The van der Waals surface area contributed by atoms with E-state index in [1.807, 2.05) is 24.4 Å². The average molecular weight is 526 g/mol. The average Bonchev–Trinajstić information content (AvgIpc) is 3.22. The number of aryl methyl sites for hydroxylation is 1. The Morgan fingerprint density at radius 3 is 2.74 bits per heavy atom. The van der Waals surface area contributed by atoms with Crippen LogP contribution in [0.2, 0.25) is 0 Å². The molecule has 2 N–H and O–H groups in total. The number of amides is 1. The minimum atomic E-state index is -0.103. The van der Waals surface area contributed by atoms with E-state index in [2.05, 4.69) is 25.5 Å². The fourth-order valence-corrected chi connectivity index (χ4v) is 4.03. The number of hydrogen-bond donors (Lipinski definition) is 2. The van der Waals surface area contributed by atoms with Crippen LogP contribution in [-0.4, -0.2) is 60.2 Å². The molecule has 184 valence electrons. The molecule has 1 aliphatic rings. The number of morpholine rings is 1. The molecule has 1 fully saturated rings. The molecule has 1 aliphatic heterocycles. The minimum absolute atomic E-state index is 0. The zero-order valence-electron chi connectivity index (χ0n) is 18.9. The van der Waals surface area contributed by atoms with E-state index in [1.54, 1.807) is 30.5 Å². The highest BCUT2D eigenvalue weighted by Gasteiger charge is 2.11. The first-order valence-corrected chi connectivity index (χ1v) is 11.5. The lowest BCUT2D eigenvalue weighted by molar-refractivity contribution is 0.0374. The lowest BCUT2D eigenvalue weighted by atomic mass is 10.2. The molecule has 0 atom stereocenters. The van der Waals surface area contributed by atoms with Crippen molar-refractivity contribution in [2.24, 2.45) is 0 Å². The molecule has 4 rings (SSSR count). The first-order chi connectivity index (χ1) is 15.7. The number of rotatable bonds is 9. The molecule has 0 aliphatic carbocycles. The van der Waals surface area contributed by atoms with E-state index < -0.39 is 0 Å². The standard InChI is InChI=1S/C23H27N5O3S.2ClH/c1-17-16-32-23(26-17)27-21-15-20(6-8-24-21)31-19-5-2-4-18(14-19)22(29)25-7-3-9-28-10-12-30-13-11-28;;/h2,4-6,8,14-16H,3,7,9-13H2,1H3,(H,25,29)(H,24,26,27);2*1H. The number of nitrogens with zero attached hydrogens (tertiary/aromatic N) is 3. The van der Waals surface area contributed by atoms with Gasteiger partial charge < -0.3 is 20.1 Å². The van der Waals surface area contributed by atoms with Crippen LogP contribution < -0.4 is 15.4 Å². The predicted octanol–water partition coefficient (Wildman–Crippen LogP) is 4.68. The molecule has 0 bridgehead atoms. The van der Waals surface area contributed by atoms with E-state index in [0.717, 1.165) is 50.1 Å².